The first-order valence-corrected chi connectivity index (χ1v) is 10.00. The molecule has 4 aromatic rings. The molecule has 29 heavy (non-hydrogen) atoms. The number of aromatic nitrogens is 6. The third kappa shape index (κ3) is 3.83. The number of hydrogen-bond acceptors (Lipinski definition) is 8. The number of rotatable bonds is 6. The van der Waals surface area contributed by atoms with E-state index in [-0.39, 0.29) is 11.3 Å². The van der Waals surface area contributed by atoms with Crippen molar-refractivity contribution in [3.05, 3.63) is 76.7 Å². The van der Waals surface area contributed by atoms with Gasteiger partial charge in [0.15, 0.2) is 0 Å². The van der Waals surface area contributed by atoms with Crippen LogP contribution < -0.4 is 16.3 Å². The molecule has 10 heteroatoms. The van der Waals surface area contributed by atoms with Gasteiger partial charge in [-0.1, -0.05) is 48.2 Å². The summed E-state index contributed by atoms with van der Waals surface area (Å²) >= 11 is 1.30. The lowest BCUT2D eigenvalue weighted by Gasteiger charge is -2.15. The number of aryl methyl sites for hydroxylation is 1. The molecule has 0 aliphatic rings. The zero-order valence-electron chi connectivity index (χ0n) is 15.8. The molecule has 9 nitrogen and oxygen atoms in total. The van der Waals surface area contributed by atoms with Crippen molar-refractivity contribution in [1.29, 1.82) is 0 Å². The molecule has 0 bridgehead atoms. The van der Waals surface area contributed by atoms with Crippen molar-refractivity contribution in [2.75, 3.05) is 17.0 Å². The summed E-state index contributed by atoms with van der Waals surface area (Å²) in [5, 5.41) is 20.2. The molecule has 0 amide bonds. The molecular weight excluding hydrogens is 388 g/mol. The minimum absolute atomic E-state index is 0.281. The van der Waals surface area contributed by atoms with Crippen LogP contribution in [-0.4, -0.2) is 35.9 Å². The van der Waals surface area contributed by atoms with Crippen LogP contribution in [0, 0.1) is 6.92 Å². The SMILES string of the molecule is CSc1nnc(C)c(=O)n1Nc1nnc(Nc2ccccc2)n1-c1ccccc1. The lowest BCUT2D eigenvalue weighted by Crippen LogP contribution is -2.32. The molecule has 146 valence electrons. The molecule has 0 saturated carbocycles. The summed E-state index contributed by atoms with van der Waals surface area (Å²) in [4.78, 5) is 12.6. The Kier molecular flexibility index (Phi) is 5.25. The highest BCUT2D eigenvalue weighted by atomic mass is 32.2. The van der Waals surface area contributed by atoms with Crippen molar-refractivity contribution >= 4 is 29.3 Å². The summed E-state index contributed by atoms with van der Waals surface area (Å²) < 4.78 is 3.11. The standard InChI is InChI=1S/C19H18N8OS/c1-13-16(28)27(19(29-2)24-21-13)25-18-23-22-17(20-14-9-5-3-6-10-14)26(18)15-11-7-4-8-12-15/h3-12H,1-2H3,(H,20,22)(H,23,25). The Balaban J connectivity index is 1.81. The first kappa shape index (κ1) is 18.7. The van der Waals surface area contributed by atoms with Gasteiger partial charge < -0.3 is 5.32 Å². The van der Waals surface area contributed by atoms with Crippen LogP contribution in [0.1, 0.15) is 5.69 Å². The van der Waals surface area contributed by atoms with Gasteiger partial charge in [0.05, 0.1) is 5.69 Å². The molecule has 0 unspecified atom stereocenters. The van der Waals surface area contributed by atoms with Gasteiger partial charge in [-0.2, -0.15) is 4.68 Å². The fourth-order valence-corrected chi connectivity index (χ4v) is 3.13. The predicted octanol–water partition coefficient (Wildman–Crippen LogP) is 2.87. The predicted molar refractivity (Wildman–Crippen MR) is 113 cm³/mol. The second-order valence-electron chi connectivity index (χ2n) is 6.03. The molecule has 0 atom stereocenters. The van der Waals surface area contributed by atoms with E-state index in [1.54, 1.807) is 11.5 Å². The Bertz CT molecular complexity index is 1170. The van der Waals surface area contributed by atoms with E-state index in [0.717, 1.165) is 11.4 Å². The molecule has 0 radical (unpaired) electrons. The van der Waals surface area contributed by atoms with Crippen LogP contribution in [0.4, 0.5) is 17.6 Å². The first-order valence-electron chi connectivity index (χ1n) is 8.77. The van der Waals surface area contributed by atoms with Gasteiger partial charge in [-0.05, 0) is 37.4 Å². The van der Waals surface area contributed by atoms with E-state index >= 15 is 0 Å². The Morgan fingerprint density at radius 2 is 1.52 bits per heavy atom. The topological polar surface area (TPSA) is 103 Å². The molecule has 2 N–H and O–H groups in total. The van der Waals surface area contributed by atoms with Gasteiger partial charge in [0.1, 0.15) is 5.69 Å². The van der Waals surface area contributed by atoms with E-state index < -0.39 is 0 Å². The summed E-state index contributed by atoms with van der Waals surface area (Å²) in [6.45, 7) is 1.61. The van der Waals surface area contributed by atoms with Gasteiger partial charge in [-0.25, -0.2) is 4.57 Å². The van der Waals surface area contributed by atoms with Crippen LogP contribution in [0.3, 0.4) is 0 Å². The van der Waals surface area contributed by atoms with E-state index in [0.29, 0.717) is 17.1 Å². The second-order valence-corrected chi connectivity index (χ2v) is 6.81. The van der Waals surface area contributed by atoms with Crippen molar-refractivity contribution in [1.82, 2.24) is 29.6 Å². The van der Waals surface area contributed by atoms with Crippen molar-refractivity contribution < 1.29 is 0 Å². The van der Waals surface area contributed by atoms with Crippen molar-refractivity contribution in [2.45, 2.75) is 12.1 Å². The Morgan fingerprint density at radius 3 is 2.21 bits per heavy atom. The van der Waals surface area contributed by atoms with E-state index in [1.165, 1.54) is 16.4 Å². The number of nitrogens with one attached hydrogen (secondary N) is 2. The van der Waals surface area contributed by atoms with Crippen LogP contribution in [0.25, 0.3) is 5.69 Å². The largest absolute Gasteiger partial charge is 0.324 e. The second kappa shape index (κ2) is 8.15. The Hall–Kier alpha value is -3.66. The summed E-state index contributed by atoms with van der Waals surface area (Å²) in [6.07, 6.45) is 1.82. The molecule has 0 spiro atoms. The van der Waals surface area contributed by atoms with Crippen molar-refractivity contribution in [2.24, 2.45) is 0 Å². The van der Waals surface area contributed by atoms with Crippen LogP contribution in [0.2, 0.25) is 0 Å². The van der Waals surface area contributed by atoms with E-state index in [1.807, 2.05) is 66.9 Å². The van der Waals surface area contributed by atoms with Crippen LogP contribution >= 0.6 is 11.8 Å². The smallest absolute Gasteiger partial charge is 0.294 e. The molecule has 4 rings (SSSR count). The molecule has 0 aliphatic carbocycles. The number of thioether (sulfide) groups is 1. The maximum atomic E-state index is 12.6. The summed E-state index contributed by atoms with van der Waals surface area (Å²) in [7, 11) is 0. The minimum atomic E-state index is -0.301. The lowest BCUT2D eigenvalue weighted by atomic mass is 10.3. The number of benzene rings is 2. The maximum absolute atomic E-state index is 12.6. The highest BCUT2D eigenvalue weighted by Gasteiger charge is 2.17. The van der Waals surface area contributed by atoms with Crippen LogP contribution in [-0.2, 0) is 0 Å². The normalized spacial score (nSPS) is 10.7. The Labute approximate surface area is 170 Å². The zero-order chi connectivity index (χ0) is 20.2. The monoisotopic (exact) mass is 406 g/mol. The summed E-state index contributed by atoms with van der Waals surface area (Å²) in [5.41, 5.74) is 4.71. The molecule has 0 fully saturated rings. The zero-order valence-corrected chi connectivity index (χ0v) is 16.6. The van der Waals surface area contributed by atoms with E-state index in [4.69, 9.17) is 0 Å². The van der Waals surface area contributed by atoms with Gasteiger partial charge in [0, 0.05) is 5.69 Å². The summed E-state index contributed by atoms with van der Waals surface area (Å²) in [6, 6.07) is 19.3. The fraction of sp³-hybridized carbons (Fsp3) is 0.105. The van der Waals surface area contributed by atoms with Crippen molar-refractivity contribution in [3.8, 4) is 5.69 Å². The van der Waals surface area contributed by atoms with Gasteiger partial charge in [0.25, 0.3) is 5.56 Å². The molecule has 0 saturated heterocycles. The van der Waals surface area contributed by atoms with Gasteiger partial charge in [-0.15, -0.1) is 20.4 Å². The maximum Gasteiger partial charge on any atom is 0.294 e. The van der Waals surface area contributed by atoms with Gasteiger partial charge in [0.2, 0.25) is 17.1 Å². The third-order valence-corrected chi connectivity index (χ3v) is 4.72. The average Bonchev–Trinajstić information content (AvgIpc) is 3.15. The average molecular weight is 406 g/mol. The Morgan fingerprint density at radius 1 is 0.862 bits per heavy atom. The molecule has 2 heterocycles. The van der Waals surface area contributed by atoms with E-state index in [9.17, 15) is 4.79 Å². The third-order valence-electron chi connectivity index (χ3n) is 4.09. The fourth-order valence-electron chi connectivity index (χ4n) is 2.69. The van der Waals surface area contributed by atoms with Crippen LogP contribution in [0.5, 0.6) is 0 Å². The molecular formula is C19H18N8OS. The summed E-state index contributed by atoms with van der Waals surface area (Å²) in [5.74, 6) is 0.863. The number of nitrogens with zero attached hydrogens (tertiary/aromatic N) is 6. The highest BCUT2D eigenvalue weighted by Crippen LogP contribution is 2.23. The molecule has 0 aliphatic heterocycles. The lowest BCUT2D eigenvalue weighted by molar-refractivity contribution is 0.661. The number of para-hydroxylation sites is 2. The van der Waals surface area contributed by atoms with Crippen LogP contribution in [0.15, 0.2) is 70.6 Å². The number of hydrogen-bond donors (Lipinski definition) is 2. The molecule has 2 aromatic heterocycles. The van der Waals surface area contributed by atoms with E-state index in [2.05, 4.69) is 31.1 Å². The number of anilines is 3. The minimum Gasteiger partial charge on any atom is -0.324 e. The molecule has 2 aromatic carbocycles. The van der Waals surface area contributed by atoms with Crippen molar-refractivity contribution in [3.63, 3.8) is 0 Å². The first-order chi connectivity index (χ1) is 14.2. The van der Waals surface area contributed by atoms with Gasteiger partial charge >= 0.3 is 0 Å². The highest BCUT2D eigenvalue weighted by molar-refractivity contribution is 7.98. The van der Waals surface area contributed by atoms with Gasteiger partial charge in [-0.3, -0.25) is 10.2 Å². The quantitative estimate of drug-likeness (QED) is 0.471.